The first-order valence-electron chi connectivity index (χ1n) is 9.70. The molecule has 0 radical (unpaired) electrons. The van der Waals surface area contributed by atoms with Gasteiger partial charge in [-0.2, -0.15) is 5.26 Å². The van der Waals surface area contributed by atoms with Gasteiger partial charge in [-0.15, -0.1) is 11.6 Å². The molecule has 158 valence electrons. The molecule has 0 aliphatic rings. The Balaban J connectivity index is 0.00000155. The number of halogens is 2. The largest absolute Gasteiger partial charge is 0.493 e. The number of hydrogen-bond acceptors (Lipinski definition) is 5. The maximum Gasteiger partial charge on any atom is 0.163 e. The zero-order valence-corrected chi connectivity index (χ0v) is 19.1. The van der Waals surface area contributed by atoms with E-state index in [-0.39, 0.29) is 0 Å². The van der Waals surface area contributed by atoms with Crippen LogP contribution in [0.25, 0.3) is 10.9 Å². The number of methoxy groups -OCH3 is 1. The number of nitrogens with zero attached hydrogens (tertiary/aromatic N) is 2. The average molecular weight is 446 g/mol. The van der Waals surface area contributed by atoms with E-state index in [2.05, 4.69) is 16.4 Å². The second kappa shape index (κ2) is 11.5. The number of benzene rings is 2. The zero-order valence-electron chi connectivity index (χ0n) is 17.6. The molecular formula is C23H25Cl2N3O2. The molecule has 30 heavy (non-hydrogen) atoms. The van der Waals surface area contributed by atoms with Crippen LogP contribution in [0.4, 0.5) is 11.4 Å². The summed E-state index contributed by atoms with van der Waals surface area (Å²) in [5.74, 6) is 1.65. The van der Waals surface area contributed by atoms with Gasteiger partial charge in [0, 0.05) is 23.5 Å². The van der Waals surface area contributed by atoms with Crippen molar-refractivity contribution in [2.45, 2.75) is 27.2 Å². The molecule has 0 unspecified atom stereocenters. The standard InChI is InChI=1S/C21H19Cl2N3O2.C2H6/c1-13-4-5-17(16(23)8-13)26-21-14(11-24)12-25-18-10-20(28-7-3-6-22)19(27-2)9-15(18)21;1-2/h4-5,8-10,12H,3,6-7H2,1-2H3,(H,25,26);1-2H3. The molecule has 0 saturated carbocycles. The predicted octanol–water partition coefficient (Wildman–Crippen LogP) is 6.85. The Hall–Kier alpha value is -2.68. The van der Waals surface area contributed by atoms with Crippen molar-refractivity contribution in [2.24, 2.45) is 0 Å². The van der Waals surface area contributed by atoms with Crippen LogP contribution >= 0.6 is 23.2 Å². The van der Waals surface area contributed by atoms with Gasteiger partial charge in [0.05, 0.1) is 41.2 Å². The highest BCUT2D eigenvalue weighted by molar-refractivity contribution is 6.33. The minimum atomic E-state index is 0.405. The molecule has 5 nitrogen and oxygen atoms in total. The smallest absolute Gasteiger partial charge is 0.163 e. The Kier molecular flexibility index (Phi) is 9.04. The summed E-state index contributed by atoms with van der Waals surface area (Å²) in [5.41, 5.74) is 3.45. The van der Waals surface area contributed by atoms with Gasteiger partial charge >= 0.3 is 0 Å². The van der Waals surface area contributed by atoms with Crippen LogP contribution in [0, 0.1) is 18.3 Å². The molecule has 0 spiro atoms. The molecule has 1 heterocycles. The molecule has 0 bridgehead atoms. The van der Waals surface area contributed by atoms with Gasteiger partial charge in [-0.3, -0.25) is 4.98 Å². The Morgan fingerprint density at radius 2 is 1.93 bits per heavy atom. The molecule has 1 N–H and O–H groups in total. The van der Waals surface area contributed by atoms with E-state index in [9.17, 15) is 5.26 Å². The number of nitrogens with one attached hydrogen (secondary N) is 1. The van der Waals surface area contributed by atoms with Crippen LogP contribution in [0.1, 0.15) is 31.4 Å². The van der Waals surface area contributed by atoms with Crippen LogP contribution in [-0.4, -0.2) is 24.6 Å². The number of hydrogen-bond donors (Lipinski definition) is 1. The van der Waals surface area contributed by atoms with E-state index in [1.54, 1.807) is 13.2 Å². The maximum absolute atomic E-state index is 9.56. The zero-order chi connectivity index (χ0) is 22.1. The summed E-state index contributed by atoms with van der Waals surface area (Å²) in [4.78, 5) is 4.40. The molecular weight excluding hydrogens is 421 g/mol. The predicted molar refractivity (Wildman–Crippen MR) is 125 cm³/mol. The van der Waals surface area contributed by atoms with E-state index in [1.165, 1.54) is 6.20 Å². The topological polar surface area (TPSA) is 67.2 Å². The first kappa shape index (κ1) is 23.6. The third kappa shape index (κ3) is 5.47. The first-order chi connectivity index (χ1) is 14.6. The molecule has 0 fully saturated rings. The molecule has 3 rings (SSSR count). The third-order valence-corrected chi connectivity index (χ3v) is 4.77. The molecule has 0 saturated heterocycles. The molecule has 3 aromatic rings. The normalized spacial score (nSPS) is 10.0. The van der Waals surface area contributed by atoms with Crippen molar-refractivity contribution in [2.75, 3.05) is 24.9 Å². The number of ether oxygens (including phenoxy) is 2. The molecule has 0 aliphatic heterocycles. The van der Waals surface area contributed by atoms with Gasteiger partial charge in [0.2, 0.25) is 0 Å². The van der Waals surface area contributed by atoms with E-state index < -0.39 is 0 Å². The highest BCUT2D eigenvalue weighted by Crippen LogP contribution is 2.38. The molecule has 0 amide bonds. The minimum absolute atomic E-state index is 0.405. The third-order valence-electron chi connectivity index (χ3n) is 4.19. The number of pyridine rings is 1. The average Bonchev–Trinajstić information content (AvgIpc) is 2.76. The summed E-state index contributed by atoms with van der Waals surface area (Å²) >= 11 is 12.1. The Bertz CT molecular complexity index is 1050. The van der Waals surface area contributed by atoms with Crippen molar-refractivity contribution in [3.63, 3.8) is 0 Å². The number of rotatable bonds is 7. The van der Waals surface area contributed by atoms with Crippen molar-refractivity contribution in [3.8, 4) is 17.6 Å². The van der Waals surface area contributed by atoms with E-state index in [1.807, 2.05) is 45.0 Å². The number of aryl methyl sites for hydroxylation is 1. The highest BCUT2D eigenvalue weighted by Gasteiger charge is 2.15. The van der Waals surface area contributed by atoms with Gasteiger partial charge in [0.1, 0.15) is 6.07 Å². The van der Waals surface area contributed by atoms with Crippen LogP contribution < -0.4 is 14.8 Å². The lowest BCUT2D eigenvalue weighted by atomic mass is 10.1. The number of aromatic nitrogens is 1. The molecule has 0 atom stereocenters. The highest BCUT2D eigenvalue weighted by atomic mass is 35.5. The number of fused-ring (bicyclic) bond motifs is 1. The van der Waals surface area contributed by atoms with Crippen LogP contribution in [0.3, 0.4) is 0 Å². The van der Waals surface area contributed by atoms with E-state index in [4.69, 9.17) is 32.7 Å². The quantitative estimate of drug-likeness (QED) is 0.317. The van der Waals surface area contributed by atoms with Crippen molar-refractivity contribution in [3.05, 3.63) is 52.7 Å². The Morgan fingerprint density at radius 3 is 2.57 bits per heavy atom. The first-order valence-corrected chi connectivity index (χ1v) is 10.6. The van der Waals surface area contributed by atoms with Crippen LogP contribution in [0.15, 0.2) is 36.5 Å². The number of alkyl halides is 1. The summed E-state index contributed by atoms with van der Waals surface area (Å²) in [7, 11) is 1.57. The van der Waals surface area contributed by atoms with Crippen LogP contribution in [0.2, 0.25) is 5.02 Å². The van der Waals surface area contributed by atoms with E-state index >= 15 is 0 Å². The fraction of sp³-hybridized carbons (Fsp3) is 0.304. The van der Waals surface area contributed by atoms with Crippen molar-refractivity contribution >= 4 is 45.5 Å². The van der Waals surface area contributed by atoms with E-state index in [0.29, 0.717) is 51.5 Å². The van der Waals surface area contributed by atoms with Crippen molar-refractivity contribution in [1.29, 1.82) is 5.26 Å². The lowest BCUT2D eigenvalue weighted by molar-refractivity contribution is 0.295. The SMILES string of the molecule is CC.COc1cc2c(Nc3ccc(C)cc3Cl)c(C#N)cnc2cc1OCCCCl. The molecule has 2 aromatic carbocycles. The van der Waals surface area contributed by atoms with Gasteiger partial charge in [0.25, 0.3) is 0 Å². The molecule has 7 heteroatoms. The van der Waals surface area contributed by atoms with Crippen LogP contribution in [0.5, 0.6) is 11.5 Å². The molecule has 0 aliphatic carbocycles. The Labute approximate surface area is 187 Å². The second-order valence-electron chi connectivity index (χ2n) is 6.18. The fourth-order valence-electron chi connectivity index (χ4n) is 2.78. The summed E-state index contributed by atoms with van der Waals surface area (Å²) in [5, 5.41) is 14.1. The van der Waals surface area contributed by atoms with Crippen LogP contribution in [-0.2, 0) is 0 Å². The van der Waals surface area contributed by atoms with Crippen molar-refractivity contribution in [1.82, 2.24) is 4.98 Å². The second-order valence-corrected chi connectivity index (χ2v) is 6.96. The summed E-state index contributed by atoms with van der Waals surface area (Å²) in [6.45, 7) is 6.44. The lowest BCUT2D eigenvalue weighted by Gasteiger charge is -2.16. The van der Waals surface area contributed by atoms with Gasteiger partial charge in [0.15, 0.2) is 11.5 Å². The van der Waals surface area contributed by atoms with Gasteiger partial charge < -0.3 is 14.8 Å². The summed E-state index contributed by atoms with van der Waals surface area (Å²) in [6, 6.07) is 11.5. The summed E-state index contributed by atoms with van der Waals surface area (Å²) < 4.78 is 11.2. The van der Waals surface area contributed by atoms with Gasteiger partial charge in [-0.25, -0.2) is 0 Å². The Morgan fingerprint density at radius 1 is 1.17 bits per heavy atom. The van der Waals surface area contributed by atoms with Gasteiger partial charge in [-0.05, 0) is 37.1 Å². The van der Waals surface area contributed by atoms with Crippen molar-refractivity contribution < 1.29 is 9.47 Å². The molecule has 1 aromatic heterocycles. The number of nitriles is 1. The monoisotopic (exact) mass is 445 g/mol. The fourth-order valence-corrected chi connectivity index (χ4v) is 3.18. The minimum Gasteiger partial charge on any atom is -0.493 e. The number of anilines is 2. The summed E-state index contributed by atoms with van der Waals surface area (Å²) in [6.07, 6.45) is 2.25. The van der Waals surface area contributed by atoms with E-state index in [0.717, 1.165) is 17.4 Å². The lowest BCUT2D eigenvalue weighted by Crippen LogP contribution is -2.02. The van der Waals surface area contributed by atoms with Gasteiger partial charge in [-0.1, -0.05) is 31.5 Å². The maximum atomic E-state index is 9.56.